The maximum atomic E-state index is 12.2. The molecule has 0 saturated heterocycles. The number of amides is 2. The van der Waals surface area contributed by atoms with E-state index in [-0.39, 0.29) is 18.5 Å². The number of hydrogen-bond acceptors (Lipinski definition) is 5. The number of methoxy groups -OCH3 is 2. The highest BCUT2D eigenvalue weighted by Gasteiger charge is 2.22. The Labute approximate surface area is 149 Å². The third-order valence-corrected chi connectivity index (χ3v) is 3.37. The van der Waals surface area contributed by atoms with Crippen molar-refractivity contribution >= 4 is 12.0 Å². The third kappa shape index (κ3) is 6.52. The van der Waals surface area contributed by atoms with Crippen LogP contribution in [0.25, 0.3) is 0 Å². The average Bonchev–Trinajstić information content (AvgIpc) is 2.52. The lowest BCUT2D eigenvalue weighted by atomic mass is 10.1. The van der Waals surface area contributed by atoms with Crippen LogP contribution in [0.4, 0.5) is 4.79 Å². The van der Waals surface area contributed by atoms with Crippen LogP contribution in [0.1, 0.15) is 39.3 Å². The van der Waals surface area contributed by atoms with E-state index in [1.165, 1.54) is 11.9 Å². The number of ether oxygens (including phenoxy) is 3. The van der Waals surface area contributed by atoms with Crippen molar-refractivity contribution < 1.29 is 23.8 Å². The summed E-state index contributed by atoms with van der Waals surface area (Å²) in [6.45, 7) is 7.07. The molecule has 1 aromatic rings. The molecule has 0 bridgehead atoms. The van der Waals surface area contributed by atoms with E-state index in [0.29, 0.717) is 11.5 Å². The Morgan fingerprint density at radius 1 is 1.20 bits per heavy atom. The van der Waals surface area contributed by atoms with E-state index in [2.05, 4.69) is 5.32 Å². The second-order valence-corrected chi connectivity index (χ2v) is 6.73. The molecule has 0 aliphatic rings. The molecular formula is C18H28N2O5. The summed E-state index contributed by atoms with van der Waals surface area (Å²) in [6, 6.07) is 5.10. The molecule has 1 atom stereocenters. The van der Waals surface area contributed by atoms with Crippen LogP contribution in [-0.4, -0.2) is 50.3 Å². The predicted molar refractivity (Wildman–Crippen MR) is 95.0 cm³/mol. The second-order valence-electron chi connectivity index (χ2n) is 6.73. The summed E-state index contributed by atoms with van der Waals surface area (Å²) in [4.78, 5) is 25.3. The van der Waals surface area contributed by atoms with Crippen molar-refractivity contribution in [1.82, 2.24) is 10.2 Å². The summed E-state index contributed by atoms with van der Waals surface area (Å²) in [5.74, 6) is 0.996. The van der Waals surface area contributed by atoms with Crippen LogP contribution in [0, 0.1) is 0 Å². The molecule has 0 heterocycles. The van der Waals surface area contributed by atoms with Gasteiger partial charge in [-0.05, 0) is 39.8 Å². The van der Waals surface area contributed by atoms with Gasteiger partial charge in [-0.2, -0.15) is 0 Å². The number of nitrogens with zero attached hydrogens (tertiary/aromatic N) is 1. The van der Waals surface area contributed by atoms with Crippen LogP contribution in [0.15, 0.2) is 18.2 Å². The monoisotopic (exact) mass is 352 g/mol. The van der Waals surface area contributed by atoms with E-state index >= 15 is 0 Å². The van der Waals surface area contributed by atoms with Crippen LogP contribution in [0.2, 0.25) is 0 Å². The minimum Gasteiger partial charge on any atom is -0.497 e. The predicted octanol–water partition coefficient (Wildman–Crippen LogP) is 2.75. The minimum atomic E-state index is -0.606. The van der Waals surface area contributed by atoms with Crippen LogP contribution < -0.4 is 14.8 Å². The molecule has 0 radical (unpaired) electrons. The first-order valence-electron chi connectivity index (χ1n) is 8.02. The fourth-order valence-electron chi connectivity index (χ4n) is 2.16. The topological polar surface area (TPSA) is 77.1 Å². The van der Waals surface area contributed by atoms with Gasteiger partial charge < -0.3 is 24.4 Å². The van der Waals surface area contributed by atoms with Crippen molar-refractivity contribution in [3.05, 3.63) is 23.8 Å². The number of benzene rings is 1. The fraction of sp³-hybridized carbons (Fsp3) is 0.556. The van der Waals surface area contributed by atoms with Gasteiger partial charge in [-0.25, -0.2) is 4.79 Å². The fourth-order valence-corrected chi connectivity index (χ4v) is 2.16. The first kappa shape index (κ1) is 20.6. The van der Waals surface area contributed by atoms with Gasteiger partial charge in [0.15, 0.2) is 0 Å². The van der Waals surface area contributed by atoms with Gasteiger partial charge in [-0.3, -0.25) is 4.79 Å². The molecule has 0 fully saturated rings. The van der Waals surface area contributed by atoms with Gasteiger partial charge in [-0.15, -0.1) is 0 Å². The van der Waals surface area contributed by atoms with Crippen molar-refractivity contribution in [2.45, 2.75) is 39.3 Å². The molecule has 0 aliphatic carbocycles. The Kier molecular flexibility index (Phi) is 7.09. The van der Waals surface area contributed by atoms with E-state index in [4.69, 9.17) is 14.2 Å². The largest absolute Gasteiger partial charge is 0.497 e. The maximum absolute atomic E-state index is 12.2. The Balaban J connectivity index is 2.69. The highest BCUT2D eigenvalue weighted by Crippen LogP contribution is 2.29. The molecule has 7 heteroatoms. The van der Waals surface area contributed by atoms with Crippen molar-refractivity contribution in [2.24, 2.45) is 0 Å². The summed E-state index contributed by atoms with van der Waals surface area (Å²) < 4.78 is 15.7. The summed E-state index contributed by atoms with van der Waals surface area (Å²) in [5, 5.41) is 2.85. The first-order valence-corrected chi connectivity index (χ1v) is 8.02. The van der Waals surface area contributed by atoms with Gasteiger partial charge in [0.25, 0.3) is 0 Å². The molecule has 1 unspecified atom stereocenters. The van der Waals surface area contributed by atoms with Gasteiger partial charge in [0, 0.05) is 18.7 Å². The van der Waals surface area contributed by atoms with Crippen molar-refractivity contribution in [3.63, 3.8) is 0 Å². The lowest BCUT2D eigenvalue weighted by Crippen LogP contribution is -2.41. The number of carbonyl (C=O) groups excluding carboxylic acids is 2. The van der Waals surface area contributed by atoms with E-state index in [0.717, 1.165) is 5.56 Å². The van der Waals surface area contributed by atoms with E-state index < -0.39 is 11.7 Å². The van der Waals surface area contributed by atoms with E-state index in [1.807, 2.05) is 13.0 Å². The van der Waals surface area contributed by atoms with Crippen molar-refractivity contribution in [3.8, 4) is 11.5 Å². The molecule has 0 spiro atoms. The molecule has 0 aliphatic heterocycles. The molecule has 1 aromatic carbocycles. The lowest BCUT2D eigenvalue weighted by Gasteiger charge is -2.25. The van der Waals surface area contributed by atoms with Gasteiger partial charge >= 0.3 is 6.09 Å². The quantitative estimate of drug-likeness (QED) is 0.852. The maximum Gasteiger partial charge on any atom is 0.410 e. The zero-order chi connectivity index (χ0) is 19.2. The molecule has 2 amide bonds. The van der Waals surface area contributed by atoms with Gasteiger partial charge in [0.05, 0.1) is 20.3 Å². The molecular weight excluding hydrogens is 324 g/mol. The van der Waals surface area contributed by atoms with Gasteiger partial charge in [0.1, 0.15) is 23.6 Å². The molecule has 1 rings (SSSR count). The lowest BCUT2D eigenvalue weighted by molar-refractivity contribution is -0.122. The summed E-state index contributed by atoms with van der Waals surface area (Å²) >= 11 is 0. The Morgan fingerprint density at radius 3 is 2.36 bits per heavy atom. The van der Waals surface area contributed by atoms with Crippen LogP contribution in [-0.2, 0) is 9.53 Å². The zero-order valence-corrected chi connectivity index (χ0v) is 16.0. The average molecular weight is 352 g/mol. The highest BCUT2D eigenvalue weighted by atomic mass is 16.6. The molecule has 25 heavy (non-hydrogen) atoms. The molecule has 0 saturated carbocycles. The third-order valence-electron chi connectivity index (χ3n) is 3.37. The van der Waals surface area contributed by atoms with Crippen molar-refractivity contribution in [2.75, 3.05) is 27.8 Å². The van der Waals surface area contributed by atoms with Gasteiger partial charge in [0.2, 0.25) is 5.91 Å². The number of nitrogens with one attached hydrogen (secondary N) is 1. The Bertz CT molecular complexity index is 610. The van der Waals surface area contributed by atoms with Crippen molar-refractivity contribution in [1.29, 1.82) is 0 Å². The second kappa shape index (κ2) is 8.60. The molecule has 140 valence electrons. The summed E-state index contributed by atoms with van der Waals surface area (Å²) in [7, 11) is 4.65. The highest BCUT2D eigenvalue weighted by molar-refractivity contribution is 5.82. The number of likely N-dealkylation sites (N-methyl/N-ethyl adjacent to an activating group) is 1. The number of rotatable bonds is 6. The summed E-state index contributed by atoms with van der Waals surface area (Å²) in [5.41, 5.74) is 0.211. The zero-order valence-electron chi connectivity index (χ0n) is 16.0. The van der Waals surface area contributed by atoms with Crippen LogP contribution in [0.5, 0.6) is 11.5 Å². The molecule has 0 aromatic heterocycles. The molecule has 1 N–H and O–H groups in total. The normalized spacial score (nSPS) is 12.1. The van der Waals surface area contributed by atoms with Gasteiger partial charge in [-0.1, -0.05) is 0 Å². The van der Waals surface area contributed by atoms with Crippen LogP contribution in [0.3, 0.4) is 0 Å². The number of carbonyl (C=O) groups is 2. The first-order chi connectivity index (χ1) is 11.6. The Hall–Kier alpha value is -2.44. The SMILES string of the molecule is COc1ccc(C(C)NC(=O)CN(C)C(=O)OC(C)(C)C)c(OC)c1. The van der Waals surface area contributed by atoms with E-state index in [9.17, 15) is 9.59 Å². The van der Waals surface area contributed by atoms with Crippen LogP contribution >= 0.6 is 0 Å². The standard InChI is InChI=1S/C18H28N2O5/c1-12(14-9-8-13(23-6)10-15(14)24-7)19-16(21)11-20(5)17(22)25-18(2,3)4/h8-10,12H,11H2,1-7H3,(H,19,21). The molecule has 7 nitrogen and oxygen atoms in total. The minimum absolute atomic E-state index is 0.0995. The Morgan fingerprint density at radius 2 is 1.84 bits per heavy atom. The smallest absolute Gasteiger partial charge is 0.410 e. The summed E-state index contributed by atoms with van der Waals surface area (Å²) in [6.07, 6.45) is -0.544. The van der Waals surface area contributed by atoms with E-state index in [1.54, 1.807) is 47.1 Å². The number of hydrogen-bond donors (Lipinski definition) is 1.